The molecule has 34 heavy (non-hydrogen) atoms. The molecule has 1 aromatic heterocycles. The Kier molecular flexibility index (Phi) is 7.95. The van der Waals surface area contributed by atoms with Crippen LogP contribution in [0.3, 0.4) is 0 Å². The quantitative estimate of drug-likeness (QED) is 0.447. The first-order chi connectivity index (χ1) is 16.3. The lowest BCUT2D eigenvalue weighted by Gasteiger charge is -2.26. The van der Waals surface area contributed by atoms with Crippen LogP contribution < -0.4 is 11.0 Å². The van der Waals surface area contributed by atoms with E-state index in [9.17, 15) is 22.8 Å². The van der Waals surface area contributed by atoms with Gasteiger partial charge < -0.3 is 10.1 Å². The Hall–Kier alpha value is -2.37. The van der Waals surface area contributed by atoms with Crippen molar-refractivity contribution >= 4 is 23.4 Å². The van der Waals surface area contributed by atoms with Crippen LogP contribution in [0.4, 0.5) is 18.9 Å². The number of benzene rings is 1. The minimum Gasteiger partial charge on any atom is -0.379 e. The summed E-state index contributed by atoms with van der Waals surface area (Å²) in [6.45, 7) is 4.80. The summed E-state index contributed by atoms with van der Waals surface area (Å²) < 4.78 is 45.8. The Bertz CT molecular complexity index is 1080. The third-order valence-corrected chi connectivity index (χ3v) is 6.99. The number of nitrogens with zero attached hydrogens (tertiary/aromatic N) is 3. The fraction of sp³-hybridized carbons (Fsp3) is 0.522. The summed E-state index contributed by atoms with van der Waals surface area (Å²) in [5.74, 6) is -0.497. The molecule has 0 unspecified atom stereocenters. The Morgan fingerprint density at radius 1 is 1.18 bits per heavy atom. The van der Waals surface area contributed by atoms with Crippen molar-refractivity contribution in [3.8, 4) is 0 Å². The predicted octanol–water partition coefficient (Wildman–Crippen LogP) is 3.20. The van der Waals surface area contributed by atoms with Gasteiger partial charge in [0.05, 0.1) is 24.5 Å². The van der Waals surface area contributed by atoms with Gasteiger partial charge in [0.15, 0.2) is 0 Å². The molecule has 1 aromatic carbocycles. The van der Waals surface area contributed by atoms with Gasteiger partial charge in [0.1, 0.15) is 5.03 Å². The monoisotopic (exact) mass is 496 g/mol. The highest BCUT2D eigenvalue weighted by Crippen LogP contribution is 2.31. The number of aromatic nitrogens is 2. The van der Waals surface area contributed by atoms with Crippen molar-refractivity contribution in [3.63, 3.8) is 0 Å². The van der Waals surface area contributed by atoms with E-state index in [4.69, 9.17) is 4.74 Å². The van der Waals surface area contributed by atoms with Crippen molar-refractivity contribution in [2.75, 3.05) is 43.9 Å². The number of morpholine rings is 1. The lowest BCUT2D eigenvalue weighted by atomic mass is 10.2. The van der Waals surface area contributed by atoms with Crippen LogP contribution >= 0.6 is 11.8 Å². The number of ether oxygens (including phenoxy) is 1. The number of amides is 1. The average Bonchev–Trinajstić information content (AvgIpc) is 3.29. The second kappa shape index (κ2) is 10.9. The molecule has 1 aliphatic heterocycles. The maximum atomic E-state index is 12.9. The fourth-order valence-corrected chi connectivity index (χ4v) is 5.19. The molecule has 1 saturated heterocycles. The van der Waals surface area contributed by atoms with Crippen LogP contribution in [0.2, 0.25) is 0 Å². The van der Waals surface area contributed by atoms with E-state index in [-0.39, 0.29) is 17.1 Å². The van der Waals surface area contributed by atoms with Gasteiger partial charge >= 0.3 is 11.9 Å². The minimum atomic E-state index is -4.48. The van der Waals surface area contributed by atoms with Gasteiger partial charge in [-0.05, 0) is 43.9 Å². The third-order valence-electron chi connectivity index (χ3n) is 5.97. The van der Waals surface area contributed by atoms with E-state index in [1.165, 1.54) is 12.1 Å². The van der Waals surface area contributed by atoms with Crippen molar-refractivity contribution < 1.29 is 22.7 Å². The number of carbonyl (C=O) groups excluding carboxylic acids is 1. The van der Waals surface area contributed by atoms with Crippen molar-refractivity contribution in [2.24, 2.45) is 0 Å². The van der Waals surface area contributed by atoms with Crippen LogP contribution in [-0.2, 0) is 35.1 Å². The smallest absolute Gasteiger partial charge is 0.379 e. The minimum absolute atomic E-state index is 0.0455. The fourth-order valence-electron chi connectivity index (χ4n) is 4.32. The standard InChI is InChI=1S/C23H27F3N4O3S/c24-23(25,26)16-4-1-5-17(14-16)27-20(31)15-34-21-18-6-2-7-19(18)30(22(32)28-21)9-3-8-29-10-12-33-13-11-29/h1,4-5,14H,2-3,6-13,15H2,(H,27,31). The number of thioether (sulfide) groups is 1. The molecule has 11 heteroatoms. The lowest BCUT2D eigenvalue weighted by molar-refractivity contribution is -0.137. The highest BCUT2D eigenvalue weighted by molar-refractivity contribution is 8.00. The summed E-state index contributed by atoms with van der Waals surface area (Å²) in [5.41, 5.74) is 0.929. The van der Waals surface area contributed by atoms with E-state index >= 15 is 0 Å². The van der Waals surface area contributed by atoms with E-state index < -0.39 is 17.6 Å². The molecule has 2 aromatic rings. The van der Waals surface area contributed by atoms with E-state index in [0.717, 1.165) is 93.7 Å². The van der Waals surface area contributed by atoms with Gasteiger partial charge in [0.2, 0.25) is 5.91 Å². The van der Waals surface area contributed by atoms with Crippen LogP contribution in [0.1, 0.15) is 29.7 Å². The molecule has 0 saturated carbocycles. The van der Waals surface area contributed by atoms with Gasteiger partial charge in [0, 0.05) is 43.1 Å². The Morgan fingerprint density at radius 3 is 2.74 bits per heavy atom. The van der Waals surface area contributed by atoms with Gasteiger partial charge in [-0.2, -0.15) is 18.2 Å². The largest absolute Gasteiger partial charge is 0.416 e. The van der Waals surface area contributed by atoms with Gasteiger partial charge in [-0.25, -0.2) is 4.79 Å². The van der Waals surface area contributed by atoms with E-state index in [1.54, 1.807) is 4.57 Å². The molecule has 0 radical (unpaired) electrons. The number of fused-ring (bicyclic) bond motifs is 1. The second-order valence-corrected chi connectivity index (χ2v) is 9.32. The topological polar surface area (TPSA) is 76.5 Å². The van der Waals surface area contributed by atoms with Crippen LogP contribution in [0.25, 0.3) is 0 Å². The van der Waals surface area contributed by atoms with Crippen molar-refractivity contribution in [1.29, 1.82) is 0 Å². The summed E-state index contributed by atoms with van der Waals surface area (Å²) >= 11 is 1.15. The van der Waals surface area contributed by atoms with Crippen LogP contribution in [0.15, 0.2) is 34.1 Å². The van der Waals surface area contributed by atoms with Crippen LogP contribution in [0, 0.1) is 0 Å². The maximum Gasteiger partial charge on any atom is 0.416 e. The van der Waals surface area contributed by atoms with Crippen molar-refractivity contribution in [3.05, 3.63) is 51.6 Å². The number of rotatable bonds is 8. The summed E-state index contributed by atoms with van der Waals surface area (Å²) in [7, 11) is 0. The first-order valence-corrected chi connectivity index (χ1v) is 12.3. The number of nitrogens with one attached hydrogen (secondary N) is 1. The molecular formula is C23H27F3N4O3S. The summed E-state index contributed by atoms with van der Waals surface area (Å²) in [5, 5.41) is 3.04. The summed E-state index contributed by atoms with van der Waals surface area (Å²) in [6.07, 6.45) is -1.11. The zero-order valence-corrected chi connectivity index (χ0v) is 19.5. The zero-order valence-electron chi connectivity index (χ0n) is 18.7. The lowest BCUT2D eigenvalue weighted by Crippen LogP contribution is -2.37. The zero-order chi connectivity index (χ0) is 24.1. The van der Waals surface area contributed by atoms with E-state index in [2.05, 4.69) is 15.2 Å². The molecule has 184 valence electrons. The third kappa shape index (κ3) is 6.19. The van der Waals surface area contributed by atoms with Crippen molar-refractivity contribution in [1.82, 2.24) is 14.5 Å². The number of alkyl halides is 3. The number of anilines is 1. The van der Waals surface area contributed by atoms with Gasteiger partial charge in [0.25, 0.3) is 0 Å². The summed E-state index contributed by atoms with van der Waals surface area (Å²) in [6, 6.07) is 4.51. The first-order valence-electron chi connectivity index (χ1n) is 11.3. The molecule has 0 spiro atoms. The van der Waals surface area contributed by atoms with E-state index in [1.807, 2.05) is 0 Å². The number of halogens is 3. The molecule has 7 nitrogen and oxygen atoms in total. The highest BCUT2D eigenvalue weighted by atomic mass is 32.2. The number of carbonyl (C=O) groups is 1. The van der Waals surface area contributed by atoms with Gasteiger partial charge in [-0.1, -0.05) is 17.8 Å². The van der Waals surface area contributed by atoms with E-state index in [0.29, 0.717) is 11.6 Å². The number of hydrogen-bond acceptors (Lipinski definition) is 6. The molecule has 2 aliphatic rings. The van der Waals surface area contributed by atoms with Crippen molar-refractivity contribution in [2.45, 2.75) is 43.4 Å². The Labute approximate surface area is 199 Å². The average molecular weight is 497 g/mol. The molecule has 0 atom stereocenters. The second-order valence-electron chi connectivity index (χ2n) is 8.35. The molecule has 1 aliphatic carbocycles. The highest BCUT2D eigenvalue weighted by Gasteiger charge is 2.30. The summed E-state index contributed by atoms with van der Waals surface area (Å²) in [4.78, 5) is 31.7. The molecule has 4 rings (SSSR count). The Balaban J connectivity index is 1.37. The molecule has 0 bridgehead atoms. The van der Waals surface area contributed by atoms with Crippen LogP contribution in [-0.4, -0.2) is 59.0 Å². The molecule has 1 amide bonds. The van der Waals surface area contributed by atoms with Gasteiger partial charge in [-0.3, -0.25) is 14.3 Å². The maximum absolute atomic E-state index is 12.9. The molecule has 1 N–H and O–H groups in total. The Morgan fingerprint density at radius 2 is 1.97 bits per heavy atom. The SMILES string of the molecule is O=C(CSc1nc(=O)n(CCCN2CCOCC2)c2c1CCC2)Nc1cccc(C(F)(F)F)c1. The van der Waals surface area contributed by atoms with Crippen LogP contribution in [0.5, 0.6) is 0 Å². The molecule has 1 fully saturated rings. The molecule has 2 heterocycles. The normalized spacial score (nSPS) is 16.4. The predicted molar refractivity (Wildman–Crippen MR) is 123 cm³/mol. The molecular weight excluding hydrogens is 469 g/mol. The first kappa shape index (κ1) is 24.7. The number of hydrogen-bond donors (Lipinski definition) is 1. The van der Waals surface area contributed by atoms with Gasteiger partial charge in [-0.15, -0.1) is 0 Å².